The van der Waals surface area contributed by atoms with E-state index >= 15 is 0 Å². The van der Waals surface area contributed by atoms with E-state index in [0.29, 0.717) is 28.9 Å². The number of amides is 1. The molecule has 1 aromatic heterocycles. The standard InChI is InChI=1S/C18H19ClN2O/c1-12-15(9-10-17(19)21-12)18(22)20-11-14-7-4-6-13-5-2-3-8-16(13)14/h2-3,5,8-10,14H,4,6-7,11H2,1H3,(H,20,22)/t14-/m0/s1. The summed E-state index contributed by atoms with van der Waals surface area (Å²) in [5.74, 6) is 0.319. The highest BCUT2D eigenvalue weighted by Crippen LogP contribution is 2.30. The minimum absolute atomic E-state index is 0.0790. The Balaban J connectivity index is 1.69. The molecule has 3 nitrogen and oxygen atoms in total. The zero-order valence-electron chi connectivity index (χ0n) is 12.6. The van der Waals surface area contributed by atoms with Crippen molar-refractivity contribution in [3.63, 3.8) is 0 Å². The molecule has 0 aliphatic heterocycles. The first-order valence-corrected chi connectivity index (χ1v) is 8.02. The predicted molar refractivity (Wildman–Crippen MR) is 88.4 cm³/mol. The van der Waals surface area contributed by atoms with Gasteiger partial charge in [-0.05, 0) is 49.4 Å². The van der Waals surface area contributed by atoms with E-state index in [-0.39, 0.29) is 5.91 Å². The van der Waals surface area contributed by atoms with Gasteiger partial charge in [-0.1, -0.05) is 35.9 Å². The fourth-order valence-electron chi connectivity index (χ4n) is 3.15. The number of carbonyl (C=O) groups excluding carboxylic acids is 1. The number of benzene rings is 1. The molecule has 1 aromatic carbocycles. The summed E-state index contributed by atoms with van der Waals surface area (Å²) in [6.45, 7) is 2.47. The summed E-state index contributed by atoms with van der Waals surface area (Å²) >= 11 is 5.83. The highest BCUT2D eigenvalue weighted by atomic mass is 35.5. The summed E-state index contributed by atoms with van der Waals surface area (Å²) in [7, 11) is 0. The minimum atomic E-state index is -0.0790. The second-order valence-electron chi connectivity index (χ2n) is 5.76. The zero-order chi connectivity index (χ0) is 15.5. The Morgan fingerprint density at radius 1 is 1.32 bits per heavy atom. The third-order valence-corrected chi connectivity index (χ3v) is 4.51. The second kappa shape index (κ2) is 6.49. The monoisotopic (exact) mass is 314 g/mol. The molecular formula is C18H19ClN2O. The molecule has 0 unspecified atom stereocenters. The number of rotatable bonds is 3. The molecule has 1 aliphatic rings. The summed E-state index contributed by atoms with van der Waals surface area (Å²) in [5.41, 5.74) is 4.04. The first-order valence-electron chi connectivity index (χ1n) is 7.64. The van der Waals surface area contributed by atoms with E-state index in [1.165, 1.54) is 17.5 Å². The number of carbonyl (C=O) groups is 1. The van der Waals surface area contributed by atoms with E-state index < -0.39 is 0 Å². The predicted octanol–water partition coefficient (Wildman–Crippen LogP) is 3.89. The van der Waals surface area contributed by atoms with E-state index in [2.05, 4.69) is 34.6 Å². The van der Waals surface area contributed by atoms with Crippen LogP contribution in [0.25, 0.3) is 0 Å². The molecule has 1 N–H and O–H groups in total. The number of pyridine rings is 1. The molecule has 0 saturated heterocycles. The lowest BCUT2D eigenvalue weighted by Crippen LogP contribution is -2.30. The normalized spacial score (nSPS) is 16.9. The van der Waals surface area contributed by atoms with Crippen molar-refractivity contribution in [3.05, 3.63) is 63.9 Å². The Morgan fingerprint density at radius 2 is 2.14 bits per heavy atom. The number of hydrogen-bond donors (Lipinski definition) is 1. The van der Waals surface area contributed by atoms with E-state index in [0.717, 1.165) is 12.8 Å². The Bertz CT molecular complexity index is 699. The van der Waals surface area contributed by atoms with Gasteiger partial charge in [0.25, 0.3) is 5.91 Å². The maximum absolute atomic E-state index is 12.3. The molecule has 0 spiro atoms. The Hall–Kier alpha value is -1.87. The number of aryl methyl sites for hydroxylation is 2. The van der Waals surface area contributed by atoms with Crippen molar-refractivity contribution in [1.29, 1.82) is 0 Å². The van der Waals surface area contributed by atoms with E-state index in [1.54, 1.807) is 19.1 Å². The maximum atomic E-state index is 12.3. The SMILES string of the molecule is Cc1nc(Cl)ccc1C(=O)NC[C@@H]1CCCc2ccccc21. The maximum Gasteiger partial charge on any atom is 0.253 e. The summed E-state index contributed by atoms with van der Waals surface area (Å²) in [6, 6.07) is 11.9. The third-order valence-electron chi connectivity index (χ3n) is 4.30. The van der Waals surface area contributed by atoms with Crippen LogP contribution in [0, 0.1) is 6.92 Å². The van der Waals surface area contributed by atoms with Crippen LogP contribution in [-0.2, 0) is 6.42 Å². The molecule has 2 aromatic rings. The molecular weight excluding hydrogens is 296 g/mol. The number of hydrogen-bond acceptors (Lipinski definition) is 2. The van der Waals surface area contributed by atoms with Crippen LogP contribution in [0.15, 0.2) is 36.4 Å². The molecule has 1 aliphatic carbocycles. The molecule has 4 heteroatoms. The van der Waals surface area contributed by atoms with Crippen molar-refractivity contribution >= 4 is 17.5 Å². The molecule has 0 radical (unpaired) electrons. The highest BCUT2D eigenvalue weighted by Gasteiger charge is 2.20. The van der Waals surface area contributed by atoms with Crippen LogP contribution in [-0.4, -0.2) is 17.4 Å². The summed E-state index contributed by atoms with van der Waals surface area (Å²) in [4.78, 5) is 16.5. The molecule has 114 valence electrons. The van der Waals surface area contributed by atoms with Gasteiger partial charge in [0.1, 0.15) is 5.15 Å². The summed E-state index contributed by atoms with van der Waals surface area (Å²) in [6.07, 6.45) is 3.44. The average molecular weight is 315 g/mol. The first kappa shape index (κ1) is 15.0. The van der Waals surface area contributed by atoms with Gasteiger partial charge in [0, 0.05) is 12.5 Å². The van der Waals surface area contributed by atoms with Gasteiger partial charge in [-0.2, -0.15) is 0 Å². The van der Waals surface area contributed by atoms with Crippen LogP contribution in [0.1, 0.15) is 45.9 Å². The van der Waals surface area contributed by atoms with E-state index in [4.69, 9.17) is 11.6 Å². The molecule has 1 atom stereocenters. The Morgan fingerprint density at radius 3 is 2.95 bits per heavy atom. The molecule has 0 saturated carbocycles. The molecule has 0 fully saturated rings. The lowest BCUT2D eigenvalue weighted by molar-refractivity contribution is 0.0949. The quantitative estimate of drug-likeness (QED) is 0.873. The largest absolute Gasteiger partial charge is 0.351 e. The lowest BCUT2D eigenvalue weighted by Gasteiger charge is -2.25. The number of halogens is 1. The Kier molecular flexibility index (Phi) is 4.44. The zero-order valence-corrected chi connectivity index (χ0v) is 13.4. The van der Waals surface area contributed by atoms with E-state index in [9.17, 15) is 4.79 Å². The molecule has 3 rings (SSSR count). The van der Waals surface area contributed by atoms with Crippen LogP contribution < -0.4 is 5.32 Å². The molecule has 1 heterocycles. The van der Waals surface area contributed by atoms with Crippen molar-refractivity contribution in [2.24, 2.45) is 0 Å². The van der Waals surface area contributed by atoms with Gasteiger partial charge in [0.15, 0.2) is 0 Å². The summed E-state index contributed by atoms with van der Waals surface area (Å²) in [5, 5.41) is 3.46. The topological polar surface area (TPSA) is 42.0 Å². The van der Waals surface area contributed by atoms with Crippen molar-refractivity contribution < 1.29 is 4.79 Å². The fraction of sp³-hybridized carbons (Fsp3) is 0.333. The van der Waals surface area contributed by atoms with Crippen LogP contribution in [0.2, 0.25) is 5.15 Å². The summed E-state index contributed by atoms with van der Waals surface area (Å²) < 4.78 is 0. The van der Waals surface area contributed by atoms with Crippen molar-refractivity contribution in [1.82, 2.24) is 10.3 Å². The number of nitrogens with zero attached hydrogens (tertiary/aromatic N) is 1. The highest BCUT2D eigenvalue weighted by molar-refractivity contribution is 6.29. The van der Waals surface area contributed by atoms with Crippen LogP contribution in [0.5, 0.6) is 0 Å². The Labute approximate surface area is 135 Å². The van der Waals surface area contributed by atoms with Gasteiger partial charge in [0.05, 0.1) is 11.3 Å². The van der Waals surface area contributed by atoms with E-state index in [1.807, 2.05) is 0 Å². The van der Waals surface area contributed by atoms with Crippen LogP contribution >= 0.6 is 11.6 Å². The molecule has 22 heavy (non-hydrogen) atoms. The average Bonchev–Trinajstić information content (AvgIpc) is 2.52. The van der Waals surface area contributed by atoms with Gasteiger partial charge >= 0.3 is 0 Å². The van der Waals surface area contributed by atoms with Crippen LogP contribution in [0.3, 0.4) is 0 Å². The minimum Gasteiger partial charge on any atom is -0.351 e. The second-order valence-corrected chi connectivity index (χ2v) is 6.15. The first-order chi connectivity index (χ1) is 10.6. The van der Waals surface area contributed by atoms with Gasteiger partial charge < -0.3 is 5.32 Å². The van der Waals surface area contributed by atoms with Gasteiger partial charge in [0.2, 0.25) is 0 Å². The number of aromatic nitrogens is 1. The van der Waals surface area contributed by atoms with Gasteiger partial charge in [-0.3, -0.25) is 4.79 Å². The smallest absolute Gasteiger partial charge is 0.253 e. The third kappa shape index (κ3) is 3.14. The molecule has 0 bridgehead atoms. The van der Waals surface area contributed by atoms with Gasteiger partial charge in [-0.25, -0.2) is 4.98 Å². The number of fused-ring (bicyclic) bond motifs is 1. The van der Waals surface area contributed by atoms with Crippen molar-refractivity contribution in [3.8, 4) is 0 Å². The van der Waals surface area contributed by atoms with Crippen molar-refractivity contribution in [2.45, 2.75) is 32.1 Å². The fourth-order valence-corrected chi connectivity index (χ4v) is 3.34. The van der Waals surface area contributed by atoms with Gasteiger partial charge in [-0.15, -0.1) is 0 Å². The van der Waals surface area contributed by atoms with Crippen molar-refractivity contribution in [2.75, 3.05) is 6.54 Å². The number of nitrogens with one attached hydrogen (secondary N) is 1. The molecule has 1 amide bonds. The van der Waals surface area contributed by atoms with Crippen LogP contribution in [0.4, 0.5) is 0 Å². The lowest BCUT2D eigenvalue weighted by atomic mass is 9.83.